The summed E-state index contributed by atoms with van der Waals surface area (Å²) in [5.74, 6) is 1.18. The molecule has 1 fully saturated rings. The van der Waals surface area contributed by atoms with E-state index in [1.807, 2.05) is 12.1 Å². The lowest BCUT2D eigenvalue weighted by Crippen LogP contribution is -2.35. The summed E-state index contributed by atoms with van der Waals surface area (Å²) in [6.45, 7) is 4.95. The van der Waals surface area contributed by atoms with Gasteiger partial charge in [-0.3, -0.25) is 0 Å². The van der Waals surface area contributed by atoms with Gasteiger partial charge in [-0.15, -0.1) is 11.6 Å². The van der Waals surface area contributed by atoms with E-state index in [9.17, 15) is 5.26 Å². The monoisotopic (exact) mass is 303 g/mol. The van der Waals surface area contributed by atoms with E-state index in [0.29, 0.717) is 17.5 Å². The average molecular weight is 304 g/mol. The van der Waals surface area contributed by atoms with Crippen LogP contribution < -0.4 is 0 Å². The fourth-order valence-electron chi connectivity index (χ4n) is 3.18. The molecule has 2 aromatic rings. The van der Waals surface area contributed by atoms with Gasteiger partial charge in [-0.05, 0) is 38.8 Å². The van der Waals surface area contributed by atoms with Crippen molar-refractivity contribution in [1.82, 2.24) is 9.55 Å². The number of fused-ring (bicyclic) bond motifs is 1. The minimum Gasteiger partial charge on any atom is -0.375 e. The molecule has 1 aliphatic heterocycles. The Morgan fingerprint density at radius 3 is 3.00 bits per heavy atom. The van der Waals surface area contributed by atoms with Crippen LogP contribution >= 0.6 is 11.6 Å². The van der Waals surface area contributed by atoms with Crippen molar-refractivity contribution in [3.8, 4) is 6.07 Å². The molecule has 1 saturated heterocycles. The molecule has 0 bridgehead atoms. The van der Waals surface area contributed by atoms with Crippen molar-refractivity contribution < 1.29 is 4.74 Å². The van der Waals surface area contributed by atoms with Crippen LogP contribution in [-0.4, -0.2) is 21.8 Å². The van der Waals surface area contributed by atoms with Crippen molar-refractivity contribution >= 4 is 22.6 Å². The summed E-state index contributed by atoms with van der Waals surface area (Å²) in [7, 11) is 0. The number of nitrogens with zero attached hydrogens (tertiary/aromatic N) is 3. The van der Waals surface area contributed by atoms with Gasteiger partial charge < -0.3 is 9.30 Å². The second kappa shape index (κ2) is 5.32. The van der Waals surface area contributed by atoms with Gasteiger partial charge in [0, 0.05) is 12.6 Å². The Kier molecular flexibility index (Phi) is 3.64. The topological polar surface area (TPSA) is 50.8 Å². The van der Waals surface area contributed by atoms with Gasteiger partial charge in [0.05, 0.1) is 22.6 Å². The van der Waals surface area contributed by atoms with E-state index in [-0.39, 0.29) is 5.60 Å². The highest BCUT2D eigenvalue weighted by atomic mass is 35.5. The molecule has 1 aliphatic rings. The molecule has 0 aliphatic carbocycles. The Hall–Kier alpha value is -1.57. The van der Waals surface area contributed by atoms with Gasteiger partial charge in [0.2, 0.25) is 0 Å². The molecule has 0 radical (unpaired) electrons. The van der Waals surface area contributed by atoms with Gasteiger partial charge in [0.15, 0.2) is 0 Å². The van der Waals surface area contributed by atoms with Gasteiger partial charge in [0.25, 0.3) is 0 Å². The number of halogens is 1. The van der Waals surface area contributed by atoms with E-state index in [0.717, 1.165) is 36.3 Å². The predicted molar refractivity (Wildman–Crippen MR) is 82.3 cm³/mol. The number of para-hydroxylation sites is 1. The zero-order chi connectivity index (χ0) is 15.0. The molecule has 4 nitrogen and oxygen atoms in total. The first kappa shape index (κ1) is 14.4. The van der Waals surface area contributed by atoms with Crippen LogP contribution in [0.3, 0.4) is 0 Å². The zero-order valence-electron chi connectivity index (χ0n) is 12.3. The smallest absolute Gasteiger partial charge is 0.125 e. The van der Waals surface area contributed by atoms with Crippen molar-refractivity contribution in [1.29, 1.82) is 5.26 Å². The summed E-state index contributed by atoms with van der Waals surface area (Å²) in [6, 6.07) is 8.23. The molecule has 110 valence electrons. The number of hydrogen-bond donors (Lipinski definition) is 0. The maximum Gasteiger partial charge on any atom is 0.125 e. The summed E-state index contributed by atoms with van der Waals surface area (Å²) in [6.07, 6.45) is 1.86. The van der Waals surface area contributed by atoms with E-state index in [4.69, 9.17) is 16.3 Å². The molecule has 0 spiro atoms. The maximum atomic E-state index is 9.25. The molecule has 21 heavy (non-hydrogen) atoms. The molecule has 5 heteroatoms. The fourth-order valence-corrected chi connectivity index (χ4v) is 3.37. The van der Waals surface area contributed by atoms with Gasteiger partial charge in [-0.1, -0.05) is 6.07 Å². The fraction of sp³-hybridized carbons (Fsp3) is 0.500. The average Bonchev–Trinajstić information content (AvgIpc) is 2.84. The molecular weight excluding hydrogens is 286 g/mol. The van der Waals surface area contributed by atoms with Crippen molar-refractivity contribution in [3.05, 3.63) is 29.6 Å². The van der Waals surface area contributed by atoms with Gasteiger partial charge in [0.1, 0.15) is 17.4 Å². The van der Waals surface area contributed by atoms with Crippen molar-refractivity contribution in [2.75, 3.05) is 6.61 Å². The SMILES string of the molecule is CC1(C)CC(n2c(CCl)nc3c(C#N)cccc32)CCO1. The van der Waals surface area contributed by atoms with Crippen LogP contribution in [0.4, 0.5) is 0 Å². The number of hydrogen-bond acceptors (Lipinski definition) is 3. The van der Waals surface area contributed by atoms with Gasteiger partial charge in [-0.25, -0.2) is 4.98 Å². The Bertz CT molecular complexity index is 714. The Morgan fingerprint density at radius 1 is 1.52 bits per heavy atom. The third kappa shape index (κ3) is 2.52. The summed E-state index contributed by atoms with van der Waals surface area (Å²) >= 11 is 6.09. The number of rotatable bonds is 2. The van der Waals surface area contributed by atoms with Gasteiger partial charge in [-0.2, -0.15) is 5.26 Å². The number of benzene rings is 1. The number of aromatic nitrogens is 2. The second-order valence-corrected chi connectivity index (χ2v) is 6.34. The molecule has 0 saturated carbocycles. The van der Waals surface area contributed by atoms with Gasteiger partial charge >= 0.3 is 0 Å². The third-order valence-electron chi connectivity index (χ3n) is 4.07. The lowest BCUT2D eigenvalue weighted by Gasteiger charge is -2.36. The van der Waals surface area contributed by atoms with Crippen LogP contribution in [0, 0.1) is 11.3 Å². The first-order valence-electron chi connectivity index (χ1n) is 7.15. The summed E-state index contributed by atoms with van der Waals surface area (Å²) < 4.78 is 8.01. The highest BCUT2D eigenvalue weighted by Crippen LogP contribution is 2.35. The van der Waals surface area contributed by atoms with Crippen molar-refractivity contribution in [2.45, 2.75) is 44.2 Å². The molecule has 0 amide bonds. The largest absolute Gasteiger partial charge is 0.375 e. The van der Waals surface area contributed by atoms with Crippen molar-refractivity contribution in [3.63, 3.8) is 0 Å². The minimum atomic E-state index is -0.143. The van der Waals surface area contributed by atoms with Crippen LogP contribution in [-0.2, 0) is 10.6 Å². The third-order valence-corrected chi connectivity index (χ3v) is 4.31. The minimum absolute atomic E-state index is 0.143. The van der Waals surface area contributed by atoms with E-state index >= 15 is 0 Å². The van der Waals surface area contributed by atoms with E-state index in [1.165, 1.54) is 0 Å². The first-order valence-corrected chi connectivity index (χ1v) is 7.69. The summed E-state index contributed by atoms with van der Waals surface area (Å²) in [5.41, 5.74) is 2.20. The molecule has 1 aromatic carbocycles. The second-order valence-electron chi connectivity index (χ2n) is 6.07. The van der Waals surface area contributed by atoms with Crippen LogP contribution in [0.2, 0.25) is 0 Å². The van der Waals surface area contributed by atoms with Crippen LogP contribution in [0.5, 0.6) is 0 Å². The molecule has 2 heterocycles. The van der Waals surface area contributed by atoms with E-state index in [2.05, 4.69) is 29.5 Å². The number of alkyl halides is 1. The summed E-state index contributed by atoms with van der Waals surface area (Å²) in [4.78, 5) is 4.59. The number of ether oxygens (including phenoxy) is 1. The predicted octanol–water partition coefficient (Wildman–Crippen LogP) is 3.78. The molecule has 1 unspecified atom stereocenters. The van der Waals surface area contributed by atoms with E-state index < -0.39 is 0 Å². The Morgan fingerprint density at radius 2 is 2.33 bits per heavy atom. The molecule has 1 atom stereocenters. The first-order chi connectivity index (χ1) is 10.1. The lowest BCUT2D eigenvalue weighted by atomic mass is 9.93. The quantitative estimate of drug-likeness (QED) is 0.793. The van der Waals surface area contributed by atoms with Crippen LogP contribution in [0.1, 0.15) is 44.1 Å². The van der Waals surface area contributed by atoms with Crippen LogP contribution in [0.15, 0.2) is 18.2 Å². The number of nitriles is 1. The van der Waals surface area contributed by atoms with E-state index in [1.54, 1.807) is 6.07 Å². The zero-order valence-corrected chi connectivity index (χ0v) is 13.0. The Labute approximate surface area is 129 Å². The molecule has 0 N–H and O–H groups in total. The molecular formula is C16H18ClN3O. The molecule has 3 rings (SSSR count). The standard InChI is InChI=1S/C16H18ClN3O/c1-16(2)8-12(6-7-21-16)20-13-5-3-4-11(10-18)15(13)19-14(20)9-17/h3-5,12H,6-9H2,1-2H3. The highest BCUT2D eigenvalue weighted by molar-refractivity contribution is 6.16. The normalized spacial score (nSPS) is 21.3. The lowest BCUT2D eigenvalue weighted by molar-refractivity contribution is -0.0687. The van der Waals surface area contributed by atoms with Crippen molar-refractivity contribution in [2.24, 2.45) is 0 Å². The number of imidazole rings is 1. The molecule has 1 aromatic heterocycles. The maximum absolute atomic E-state index is 9.25. The highest BCUT2D eigenvalue weighted by Gasteiger charge is 2.31. The Balaban J connectivity index is 2.15. The summed E-state index contributed by atoms with van der Waals surface area (Å²) in [5, 5.41) is 9.25. The van der Waals surface area contributed by atoms with Crippen LogP contribution in [0.25, 0.3) is 11.0 Å².